The molecular weight excluding hydrogens is 524 g/mol. The van der Waals surface area contributed by atoms with Crippen LogP contribution in [0.15, 0.2) is 135 Å². The van der Waals surface area contributed by atoms with E-state index in [1.54, 1.807) is 11.3 Å². The van der Waals surface area contributed by atoms with E-state index in [0.717, 1.165) is 55.0 Å². The van der Waals surface area contributed by atoms with Gasteiger partial charge in [0, 0.05) is 47.3 Å². The van der Waals surface area contributed by atoms with Crippen LogP contribution in [0.5, 0.6) is 0 Å². The molecule has 0 radical (unpaired) electrons. The number of fused-ring (bicyclic) bond motifs is 9. The highest BCUT2D eigenvalue weighted by atomic mass is 32.1. The summed E-state index contributed by atoms with van der Waals surface area (Å²) < 4.78 is 14.6. The fourth-order valence-corrected chi connectivity index (χ4v) is 7.57. The van der Waals surface area contributed by atoms with Gasteiger partial charge in [0.05, 0.1) is 5.39 Å². The fourth-order valence-electron chi connectivity index (χ4n) is 6.34. The topological polar surface area (TPSA) is 43.4 Å². The Balaban J connectivity index is 1.29. The largest absolute Gasteiger partial charge is 0.456 e. The Hall–Kier alpha value is -5.19. The molecule has 0 amide bonds. The van der Waals surface area contributed by atoms with Crippen molar-refractivity contribution < 1.29 is 8.83 Å². The molecule has 4 heteroatoms. The zero-order valence-corrected chi connectivity index (χ0v) is 22.5. The summed E-state index contributed by atoms with van der Waals surface area (Å²) in [5.41, 5.74) is 5.90. The Bertz CT molecular complexity index is 2560. The van der Waals surface area contributed by atoms with Gasteiger partial charge in [-0.15, -0.1) is 11.3 Å². The second-order valence-corrected chi connectivity index (χ2v) is 11.4. The predicted octanol–water partition coefficient (Wildman–Crippen LogP) is 10.5. The second-order valence-electron chi connectivity index (χ2n) is 10.4. The van der Waals surface area contributed by atoms with Crippen molar-refractivity contribution in [3.8, 4) is 22.3 Å². The Morgan fingerprint density at radius 2 is 1.17 bits per heavy atom. The molecule has 3 nitrogen and oxygen atoms in total. The average Bonchev–Trinajstić information content (AvgIpc) is 3.59. The van der Waals surface area contributed by atoms with Crippen LogP contribution in [-0.4, -0.2) is 0 Å². The zero-order chi connectivity index (χ0) is 27.1. The van der Waals surface area contributed by atoms with Gasteiger partial charge in [-0.2, -0.15) is 0 Å². The summed E-state index contributed by atoms with van der Waals surface area (Å²) in [6, 6.07) is 41.2. The van der Waals surface area contributed by atoms with E-state index < -0.39 is 0 Å². The smallest absolute Gasteiger partial charge is 0.344 e. The Morgan fingerprint density at radius 3 is 2.10 bits per heavy atom. The number of furan rings is 1. The fraction of sp³-hybridized carbons (Fsp3) is 0. The van der Waals surface area contributed by atoms with Crippen LogP contribution in [0.25, 0.3) is 86.1 Å². The standard InChI is InChI=1S/C37H20O3S/c38-37-35-25(11-5-12-26(35)28-14-6-13-27-24-8-2-4-17-33(24)41-36(27)28)23-19-18-21(20-32(23)40-37)22-10-7-16-31-34(22)29-9-1-3-15-30(29)39-31/h1-20H. The molecule has 3 heterocycles. The lowest BCUT2D eigenvalue weighted by molar-refractivity contribution is 0.570. The molecule has 0 fully saturated rings. The maximum Gasteiger partial charge on any atom is 0.344 e. The van der Waals surface area contributed by atoms with Gasteiger partial charge in [-0.05, 0) is 47.0 Å². The van der Waals surface area contributed by atoms with Crippen LogP contribution in [0.3, 0.4) is 0 Å². The molecule has 3 aromatic heterocycles. The van der Waals surface area contributed by atoms with Gasteiger partial charge in [-0.3, -0.25) is 0 Å². The van der Waals surface area contributed by atoms with Gasteiger partial charge < -0.3 is 8.83 Å². The zero-order valence-electron chi connectivity index (χ0n) is 21.7. The molecule has 0 saturated carbocycles. The van der Waals surface area contributed by atoms with E-state index in [4.69, 9.17) is 8.83 Å². The molecule has 6 aromatic carbocycles. The summed E-state index contributed by atoms with van der Waals surface area (Å²) >= 11 is 1.76. The molecule has 0 atom stereocenters. The molecule has 0 spiro atoms. The third-order valence-electron chi connectivity index (χ3n) is 8.15. The molecule has 9 aromatic rings. The van der Waals surface area contributed by atoms with Crippen molar-refractivity contribution >= 4 is 75.2 Å². The van der Waals surface area contributed by atoms with Gasteiger partial charge in [0.1, 0.15) is 16.7 Å². The van der Waals surface area contributed by atoms with Crippen LogP contribution in [-0.2, 0) is 0 Å². The quantitative estimate of drug-likeness (QED) is 0.161. The van der Waals surface area contributed by atoms with Crippen molar-refractivity contribution in [1.29, 1.82) is 0 Å². The summed E-state index contributed by atoms with van der Waals surface area (Å²) in [4.78, 5) is 13.7. The molecule has 0 aliphatic carbocycles. The van der Waals surface area contributed by atoms with E-state index in [9.17, 15) is 4.79 Å². The molecule has 41 heavy (non-hydrogen) atoms. The minimum absolute atomic E-state index is 0.328. The summed E-state index contributed by atoms with van der Waals surface area (Å²) in [5.74, 6) is 0. The van der Waals surface area contributed by atoms with Crippen LogP contribution in [0, 0.1) is 0 Å². The third-order valence-corrected chi connectivity index (χ3v) is 9.37. The van der Waals surface area contributed by atoms with E-state index in [-0.39, 0.29) is 5.63 Å². The van der Waals surface area contributed by atoms with Crippen LogP contribution < -0.4 is 5.63 Å². The van der Waals surface area contributed by atoms with E-state index >= 15 is 0 Å². The molecule has 192 valence electrons. The van der Waals surface area contributed by atoms with Crippen molar-refractivity contribution in [3.63, 3.8) is 0 Å². The summed E-state index contributed by atoms with van der Waals surface area (Å²) in [6.07, 6.45) is 0. The minimum atomic E-state index is -0.328. The Morgan fingerprint density at radius 1 is 0.463 bits per heavy atom. The first kappa shape index (κ1) is 22.6. The lowest BCUT2D eigenvalue weighted by Crippen LogP contribution is -2.02. The van der Waals surface area contributed by atoms with Crippen molar-refractivity contribution in [2.45, 2.75) is 0 Å². The highest BCUT2D eigenvalue weighted by Crippen LogP contribution is 2.42. The van der Waals surface area contributed by atoms with Gasteiger partial charge >= 0.3 is 5.63 Å². The summed E-state index contributed by atoms with van der Waals surface area (Å²) in [7, 11) is 0. The number of rotatable bonds is 2. The minimum Gasteiger partial charge on any atom is -0.456 e. The lowest BCUT2D eigenvalue weighted by Gasteiger charge is -2.10. The van der Waals surface area contributed by atoms with Gasteiger partial charge in [0.15, 0.2) is 0 Å². The van der Waals surface area contributed by atoms with E-state index in [1.165, 1.54) is 20.2 Å². The van der Waals surface area contributed by atoms with Crippen molar-refractivity contribution in [1.82, 2.24) is 0 Å². The molecule has 9 rings (SSSR count). The van der Waals surface area contributed by atoms with Gasteiger partial charge in [0.25, 0.3) is 0 Å². The summed E-state index contributed by atoms with van der Waals surface area (Å²) in [5, 5.41) is 6.99. The average molecular weight is 545 g/mol. The molecular formula is C37H20O3S. The van der Waals surface area contributed by atoms with Crippen molar-refractivity contribution in [2.75, 3.05) is 0 Å². The van der Waals surface area contributed by atoms with Crippen LogP contribution in [0.1, 0.15) is 0 Å². The number of para-hydroxylation sites is 1. The highest BCUT2D eigenvalue weighted by molar-refractivity contribution is 7.26. The molecule has 0 aliphatic rings. The van der Waals surface area contributed by atoms with Crippen LogP contribution in [0.4, 0.5) is 0 Å². The van der Waals surface area contributed by atoms with E-state index in [1.807, 2.05) is 54.6 Å². The molecule has 0 bridgehead atoms. The lowest BCUT2D eigenvalue weighted by atomic mass is 9.95. The first-order chi connectivity index (χ1) is 20.2. The summed E-state index contributed by atoms with van der Waals surface area (Å²) in [6.45, 7) is 0. The van der Waals surface area contributed by atoms with Gasteiger partial charge in [-0.1, -0.05) is 91.0 Å². The number of hydrogen-bond donors (Lipinski definition) is 0. The maximum atomic E-state index is 13.7. The number of thiophene rings is 1. The highest BCUT2D eigenvalue weighted by Gasteiger charge is 2.18. The third kappa shape index (κ3) is 3.22. The monoisotopic (exact) mass is 544 g/mol. The predicted molar refractivity (Wildman–Crippen MR) is 171 cm³/mol. The second kappa shape index (κ2) is 8.40. The Kier molecular flexibility index (Phi) is 4.63. The van der Waals surface area contributed by atoms with Crippen molar-refractivity contribution in [2.24, 2.45) is 0 Å². The molecule has 0 N–H and O–H groups in total. The first-order valence-corrected chi connectivity index (χ1v) is 14.4. The first-order valence-electron chi connectivity index (χ1n) is 13.6. The van der Waals surface area contributed by atoms with Crippen molar-refractivity contribution in [3.05, 3.63) is 132 Å². The van der Waals surface area contributed by atoms with Gasteiger partial charge in [0.2, 0.25) is 0 Å². The Labute approximate surface area is 237 Å². The SMILES string of the molecule is O=c1oc2cc(-c3cccc4oc5ccccc5c34)ccc2c2cccc(-c3cccc4c3sc3ccccc34)c12. The van der Waals surface area contributed by atoms with Crippen LogP contribution in [0.2, 0.25) is 0 Å². The van der Waals surface area contributed by atoms with Crippen LogP contribution >= 0.6 is 11.3 Å². The molecule has 0 unspecified atom stereocenters. The molecule has 0 aliphatic heterocycles. The van der Waals surface area contributed by atoms with E-state index in [2.05, 4.69) is 66.7 Å². The number of hydrogen-bond acceptors (Lipinski definition) is 4. The molecule has 0 saturated heterocycles. The normalized spacial score (nSPS) is 12.0. The van der Waals surface area contributed by atoms with Gasteiger partial charge in [-0.25, -0.2) is 4.79 Å². The maximum absolute atomic E-state index is 13.7. The van der Waals surface area contributed by atoms with E-state index in [0.29, 0.717) is 11.0 Å². The number of benzene rings is 6.